The van der Waals surface area contributed by atoms with Crippen LogP contribution < -0.4 is 9.64 Å². The van der Waals surface area contributed by atoms with Crippen LogP contribution in [0.2, 0.25) is 0 Å². The monoisotopic (exact) mass is 405 g/mol. The molecule has 1 aliphatic rings. The van der Waals surface area contributed by atoms with Gasteiger partial charge in [-0.25, -0.2) is 9.37 Å². The fraction of sp³-hybridized carbons (Fsp3) is 0.227. The quantitative estimate of drug-likeness (QED) is 0.558. The van der Waals surface area contributed by atoms with Crippen molar-refractivity contribution in [1.82, 2.24) is 20.2 Å². The summed E-state index contributed by atoms with van der Waals surface area (Å²) in [6, 6.07) is 8.88. The van der Waals surface area contributed by atoms with E-state index in [0.29, 0.717) is 35.6 Å². The van der Waals surface area contributed by atoms with Crippen LogP contribution in [-0.4, -0.2) is 53.6 Å². The van der Waals surface area contributed by atoms with Gasteiger partial charge in [-0.05, 0) is 24.3 Å². The maximum atomic E-state index is 14.9. The minimum Gasteiger partial charge on any atom is -0.496 e. The van der Waals surface area contributed by atoms with Gasteiger partial charge in [-0.2, -0.15) is 5.10 Å². The molecule has 1 aromatic carbocycles. The van der Waals surface area contributed by atoms with Crippen molar-refractivity contribution in [2.45, 2.75) is 0 Å². The topological polar surface area (TPSA) is 76.2 Å². The van der Waals surface area contributed by atoms with Crippen LogP contribution in [0.25, 0.3) is 33.3 Å². The van der Waals surface area contributed by atoms with Gasteiger partial charge in [0.1, 0.15) is 23.1 Å². The molecule has 5 rings (SSSR count). The fourth-order valence-corrected chi connectivity index (χ4v) is 3.76. The van der Waals surface area contributed by atoms with Gasteiger partial charge in [0, 0.05) is 59.8 Å². The molecule has 4 heterocycles. The van der Waals surface area contributed by atoms with Gasteiger partial charge in [0.05, 0.1) is 25.8 Å². The number of morpholine rings is 1. The summed E-state index contributed by atoms with van der Waals surface area (Å²) < 4.78 is 25.7. The zero-order valence-corrected chi connectivity index (χ0v) is 16.4. The molecule has 30 heavy (non-hydrogen) atoms. The number of H-pyrrole nitrogens is 1. The highest BCUT2D eigenvalue weighted by Gasteiger charge is 2.18. The molecule has 0 spiro atoms. The molecule has 0 saturated carbocycles. The van der Waals surface area contributed by atoms with Crippen molar-refractivity contribution in [1.29, 1.82) is 0 Å². The predicted octanol–water partition coefficient (Wildman–Crippen LogP) is 3.67. The molecule has 0 bridgehead atoms. The molecule has 4 aromatic rings. The number of rotatable bonds is 4. The lowest BCUT2D eigenvalue weighted by Gasteiger charge is -2.27. The highest BCUT2D eigenvalue weighted by atomic mass is 19.1. The number of aromatic nitrogens is 4. The van der Waals surface area contributed by atoms with E-state index in [1.807, 2.05) is 12.1 Å². The SMILES string of the molecule is COc1ccncc1-c1cc2c(-c3ccnc(N4CCOCC4)c3)n[nH]c2cc1F. The first-order chi connectivity index (χ1) is 14.7. The third kappa shape index (κ3) is 3.25. The second-order valence-electron chi connectivity index (χ2n) is 7.03. The first-order valence-corrected chi connectivity index (χ1v) is 9.69. The number of ether oxygens (including phenoxy) is 2. The van der Waals surface area contributed by atoms with E-state index in [9.17, 15) is 4.39 Å². The second-order valence-corrected chi connectivity index (χ2v) is 7.03. The smallest absolute Gasteiger partial charge is 0.133 e. The Morgan fingerprint density at radius 2 is 1.97 bits per heavy atom. The van der Waals surface area contributed by atoms with E-state index in [-0.39, 0.29) is 5.82 Å². The molecule has 1 N–H and O–H groups in total. The van der Waals surface area contributed by atoms with Gasteiger partial charge in [-0.3, -0.25) is 10.1 Å². The number of aromatic amines is 1. The van der Waals surface area contributed by atoms with E-state index >= 15 is 0 Å². The van der Waals surface area contributed by atoms with Crippen LogP contribution in [0.1, 0.15) is 0 Å². The molecule has 0 amide bonds. The first kappa shape index (κ1) is 18.5. The Morgan fingerprint density at radius 3 is 2.80 bits per heavy atom. The Balaban J connectivity index is 1.61. The minimum atomic E-state index is -0.368. The Kier molecular flexibility index (Phi) is 4.76. The number of benzene rings is 1. The van der Waals surface area contributed by atoms with Crippen molar-refractivity contribution in [3.63, 3.8) is 0 Å². The number of pyridine rings is 2. The lowest BCUT2D eigenvalue weighted by Crippen LogP contribution is -2.36. The number of halogens is 1. The maximum Gasteiger partial charge on any atom is 0.133 e. The molecule has 8 heteroatoms. The summed E-state index contributed by atoms with van der Waals surface area (Å²) in [4.78, 5) is 10.8. The number of hydrogen-bond donors (Lipinski definition) is 1. The van der Waals surface area contributed by atoms with Crippen molar-refractivity contribution in [2.75, 3.05) is 38.3 Å². The van der Waals surface area contributed by atoms with Crippen molar-refractivity contribution in [3.8, 4) is 28.1 Å². The van der Waals surface area contributed by atoms with E-state index in [4.69, 9.17) is 9.47 Å². The standard InChI is InChI=1S/C22H20FN5O2/c1-29-20-3-4-24-13-17(20)15-11-16-19(12-18(15)23)26-27-22(16)14-2-5-25-21(10-14)28-6-8-30-9-7-28/h2-5,10-13H,6-9H2,1H3,(H,26,27). The Hall–Kier alpha value is -3.52. The van der Waals surface area contributed by atoms with Crippen LogP contribution in [0.15, 0.2) is 48.9 Å². The largest absolute Gasteiger partial charge is 0.496 e. The summed E-state index contributed by atoms with van der Waals surface area (Å²) in [5.41, 5.74) is 3.28. The molecule has 1 aliphatic heterocycles. The van der Waals surface area contributed by atoms with E-state index in [1.54, 1.807) is 37.8 Å². The molecule has 0 unspecified atom stereocenters. The second kappa shape index (κ2) is 7.72. The molecule has 1 fully saturated rings. The number of nitrogens with zero attached hydrogens (tertiary/aromatic N) is 4. The number of fused-ring (bicyclic) bond motifs is 1. The number of methoxy groups -OCH3 is 1. The summed E-state index contributed by atoms with van der Waals surface area (Å²) >= 11 is 0. The molecule has 152 valence electrons. The lowest BCUT2D eigenvalue weighted by atomic mass is 10.0. The summed E-state index contributed by atoms with van der Waals surface area (Å²) in [5.74, 6) is 1.07. The third-order valence-electron chi connectivity index (χ3n) is 5.30. The highest BCUT2D eigenvalue weighted by molar-refractivity contribution is 5.96. The molecule has 3 aromatic heterocycles. The van der Waals surface area contributed by atoms with E-state index in [2.05, 4.69) is 25.1 Å². The summed E-state index contributed by atoms with van der Waals surface area (Å²) in [6.07, 6.45) is 4.99. The van der Waals surface area contributed by atoms with Gasteiger partial charge in [0.25, 0.3) is 0 Å². The Labute approximate surface area is 172 Å². The van der Waals surface area contributed by atoms with E-state index in [0.717, 1.165) is 35.6 Å². The zero-order chi connectivity index (χ0) is 20.5. The maximum absolute atomic E-state index is 14.9. The summed E-state index contributed by atoms with van der Waals surface area (Å²) in [7, 11) is 1.56. The average Bonchev–Trinajstić information content (AvgIpc) is 3.22. The molecule has 1 saturated heterocycles. The highest BCUT2D eigenvalue weighted by Crippen LogP contribution is 2.36. The predicted molar refractivity (Wildman–Crippen MR) is 112 cm³/mol. The summed E-state index contributed by atoms with van der Waals surface area (Å²) in [5, 5.41) is 8.22. The van der Waals surface area contributed by atoms with Crippen LogP contribution in [0.4, 0.5) is 10.2 Å². The van der Waals surface area contributed by atoms with Crippen molar-refractivity contribution >= 4 is 16.7 Å². The van der Waals surface area contributed by atoms with Crippen molar-refractivity contribution in [2.24, 2.45) is 0 Å². The van der Waals surface area contributed by atoms with Gasteiger partial charge in [0.2, 0.25) is 0 Å². The minimum absolute atomic E-state index is 0.368. The Bertz CT molecular complexity index is 1200. The van der Waals surface area contributed by atoms with Crippen LogP contribution in [-0.2, 0) is 4.74 Å². The van der Waals surface area contributed by atoms with Crippen LogP contribution >= 0.6 is 0 Å². The normalized spacial score (nSPS) is 14.3. The van der Waals surface area contributed by atoms with Gasteiger partial charge in [0.15, 0.2) is 0 Å². The van der Waals surface area contributed by atoms with E-state index < -0.39 is 0 Å². The van der Waals surface area contributed by atoms with Crippen LogP contribution in [0.5, 0.6) is 5.75 Å². The lowest BCUT2D eigenvalue weighted by molar-refractivity contribution is 0.122. The number of anilines is 1. The van der Waals surface area contributed by atoms with Gasteiger partial charge < -0.3 is 14.4 Å². The van der Waals surface area contributed by atoms with E-state index in [1.165, 1.54) is 6.07 Å². The fourth-order valence-electron chi connectivity index (χ4n) is 3.76. The van der Waals surface area contributed by atoms with Crippen LogP contribution in [0.3, 0.4) is 0 Å². The Morgan fingerprint density at radius 1 is 1.10 bits per heavy atom. The zero-order valence-electron chi connectivity index (χ0n) is 16.4. The van der Waals surface area contributed by atoms with Crippen molar-refractivity contribution < 1.29 is 13.9 Å². The molecular formula is C22H20FN5O2. The average molecular weight is 405 g/mol. The number of hydrogen-bond acceptors (Lipinski definition) is 6. The van der Waals surface area contributed by atoms with Crippen LogP contribution in [0, 0.1) is 5.82 Å². The molecular weight excluding hydrogens is 385 g/mol. The van der Waals surface area contributed by atoms with Crippen molar-refractivity contribution in [3.05, 3.63) is 54.7 Å². The molecule has 0 aliphatic carbocycles. The molecule has 0 radical (unpaired) electrons. The van der Waals surface area contributed by atoms with Gasteiger partial charge >= 0.3 is 0 Å². The third-order valence-corrected chi connectivity index (χ3v) is 5.30. The number of nitrogens with one attached hydrogen (secondary N) is 1. The first-order valence-electron chi connectivity index (χ1n) is 9.69. The van der Waals surface area contributed by atoms with Gasteiger partial charge in [-0.1, -0.05) is 0 Å². The molecule has 7 nitrogen and oxygen atoms in total. The summed E-state index contributed by atoms with van der Waals surface area (Å²) in [6.45, 7) is 2.97. The van der Waals surface area contributed by atoms with Gasteiger partial charge in [-0.15, -0.1) is 0 Å². The molecule has 0 atom stereocenters.